The molecule has 2 aliphatic carbocycles. The van der Waals surface area contributed by atoms with E-state index in [1.165, 1.54) is 6.42 Å². The van der Waals surface area contributed by atoms with E-state index in [0.717, 1.165) is 45.2 Å². The summed E-state index contributed by atoms with van der Waals surface area (Å²) in [5.41, 5.74) is -1.15. The van der Waals surface area contributed by atoms with Crippen molar-refractivity contribution >= 4 is 21.8 Å². The molecule has 0 spiro atoms. The normalized spacial score (nSPS) is 38.9. The maximum absolute atomic E-state index is 13.3. The number of amides is 2. The number of fused-ring (bicyclic) bond motifs is 2. The van der Waals surface area contributed by atoms with Crippen molar-refractivity contribution in [2.24, 2.45) is 17.8 Å². The Kier molecular flexibility index (Phi) is 6.49. The molecule has 3 fully saturated rings. The molecule has 5 unspecified atom stereocenters. The molecule has 2 amide bonds. The number of allylic oxidation sites excluding steroid dienone is 1. The molecule has 2 saturated carbocycles. The van der Waals surface area contributed by atoms with Crippen LogP contribution in [-0.2, 0) is 19.6 Å². The quantitative estimate of drug-likeness (QED) is 0.625. The minimum absolute atomic E-state index is 0.139. The van der Waals surface area contributed by atoms with Gasteiger partial charge in [-0.2, -0.15) is 0 Å². The van der Waals surface area contributed by atoms with Gasteiger partial charge in [0.25, 0.3) is 5.91 Å². The summed E-state index contributed by atoms with van der Waals surface area (Å²) in [6.45, 7) is 8.04. The van der Waals surface area contributed by atoms with Crippen LogP contribution in [0.4, 0.5) is 0 Å². The van der Waals surface area contributed by atoms with E-state index < -0.39 is 26.2 Å². The molecule has 0 aromatic rings. The van der Waals surface area contributed by atoms with Gasteiger partial charge in [-0.15, -0.1) is 0 Å². The second kappa shape index (κ2) is 8.75. The van der Waals surface area contributed by atoms with Crippen molar-refractivity contribution in [3.05, 3.63) is 12.2 Å². The highest BCUT2D eigenvalue weighted by Crippen LogP contribution is 2.47. The van der Waals surface area contributed by atoms with Crippen LogP contribution < -0.4 is 10.0 Å². The predicted octanol–water partition coefficient (Wildman–Crippen LogP) is 2.73. The summed E-state index contributed by atoms with van der Waals surface area (Å²) in [5, 5.41) is 3.01. The van der Waals surface area contributed by atoms with E-state index in [9.17, 15) is 18.0 Å². The smallest absolute Gasteiger partial charge is 0.259 e. The second-order valence-electron chi connectivity index (χ2n) is 11.1. The molecule has 4 rings (SSSR count). The molecular weight excluding hydrogens is 426 g/mol. The molecule has 0 aromatic heterocycles. The third-order valence-electron chi connectivity index (χ3n) is 8.17. The van der Waals surface area contributed by atoms with Crippen molar-refractivity contribution in [3.63, 3.8) is 0 Å². The fraction of sp³-hybridized carbons (Fsp3) is 0.833. The minimum Gasteiger partial charge on any atom is -0.340 e. The van der Waals surface area contributed by atoms with Gasteiger partial charge in [-0.1, -0.05) is 26.0 Å². The van der Waals surface area contributed by atoms with Crippen LogP contribution >= 0.6 is 0 Å². The van der Waals surface area contributed by atoms with E-state index in [4.69, 9.17) is 0 Å². The number of carbonyl (C=O) groups is 2. The third kappa shape index (κ3) is 4.76. The van der Waals surface area contributed by atoms with Gasteiger partial charge < -0.3 is 5.32 Å². The Morgan fingerprint density at radius 2 is 1.88 bits per heavy atom. The highest BCUT2D eigenvalue weighted by molar-refractivity contribution is 7.91. The van der Waals surface area contributed by atoms with Gasteiger partial charge in [-0.05, 0) is 89.6 Å². The number of sulfonamides is 1. The summed E-state index contributed by atoms with van der Waals surface area (Å²) in [4.78, 5) is 28.8. The van der Waals surface area contributed by atoms with Crippen LogP contribution in [0.3, 0.4) is 0 Å². The fourth-order valence-corrected chi connectivity index (χ4v) is 6.72. The molecule has 2 N–H and O–H groups in total. The number of carbonyl (C=O) groups excluding carboxylic acids is 2. The van der Waals surface area contributed by atoms with Crippen molar-refractivity contribution in [2.45, 2.75) is 94.9 Å². The summed E-state index contributed by atoms with van der Waals surface area (Å²) < 4.78 is 26.8. The monoisotopic (exact) mass is 465 g/mol. The number of nitrogens with one attached hydrogen (secondary N) is 2. The molecule has 0 bridgehead atoms. The molecule has 5 atom stereocenters. The molecule has 0 radical (unpaired) electrons. The number of hydrogen-bond donors (Lipinski definition) is 2. The maximum Gasteiger partial charge on any atom is 0.259 e. The molecule has 8 heteroatoms. The Morgan fingerprint density at radius 3 is 2.59 bits per heavy atom. The van der Waals surface area contributed by atoms with Crippen LogP contribution in [0.15, 0.2) is 12.2 Å². The number of hydrogen-bond acceptors (Lipinski definition) is 5. The lowest BCUT2D eigenvalue weighted by molar-refractivity contribution is -0.131. The van der Waals surface area contributed by atoms with Gasteiger partial charge in [-0.25, -0.2) is 8.42 Å². The highest BCUT2D eigenvalue weighted by Gasteiger charge is 2.62. The first-order valence-corrected chi connectivity index (χ1v) is 13.8. The van der Waals surface area contributed by atoms with E-state index in [-0.39, 0.29) is 17.9 Å². The van der Waals surface area contributed by atoms with Crippen molar-refractivity contribution in [3.8, 4) is 0 Å². The Balaban J connectivity index is 1.54. The summed E-state index contributed by atoms with van der Waals surface area (Å²) >= 11 is 0. The predicted molar refractivity (Wildman–Crippen MR) is 124 cm³/mol. The molecule has 7 nitrogen and oxygen atoms in total. The fourth-order valence-electron chi connectivity index (χ4n) is 5.41. The average Bonchev–Trinajstić information content (AvgIpc) is 3.57. The summed E-state index contributed by atoms with van der Waals surface area (Å²) in [6, 6.07) is -0.239. The summed E-state index contributed by atoms with van der Waals surface area (Å²) in [5.74, 6) is 0.361. The van der Waals surface area contributed by atoms with Crippen molar-refractivity contribution in [1.82, 2.24) is 14.9 Å². The van der Waals surface area contributed by atoms with Crippen LogP contribution in [0.1, 0.15) is 78.6 Å². The van der Waals surface area contributed by atoms with E-state index in [0.29, 0.717) is 31.1 Å². The van der Waals surface area contributed by atoms with Crippen LogP contribution in [-0.4, -0.2) is 54.5 Å². The summed E-state index contributed by atoms with van der Waals surface area (Å²) in [6.07, 6.45) is 11.7. The first kappa shape index (κ1) is 23.7. The van der Waals surface area contributed by atoms with E-state index in [2.05, 4.69) is 34.9 Å². The lowest BCUT2D eigenvalue weighted by atomic mass is 9.91. The SMILES string of the molecule is CC1CC/C=C\C2CC2(C(=O)NS(=O)(=O)C2(C)CC2)NC(=O)C2CCCN2CCC(C)C1. The zero-order valence-electron chi connectivity index (χ0n) is 19.7. The molecule has 32 heavy (non-hydrogen) atoms. The Morgan fingerprint density at radius 1 is 1.16 bits per heavy atom. The molecule has 1 saturated heterocycles. The maximum atomic E-state index is 13.3. The Hall–Kier alpha value is -1.41. The van der Waals surface area contributed by atoms with Gasteiger partial charge in [0.1, 0.15) is 5.54 Å². The van der Waals surface area contributed by atoms with Crippen LogP contribution in [0.5, 0.6) is 0 Å². The molecule has 0 aromatic carbocycles. The van der Waals surface area contributed by atoms with Gasteiger partial charge in [0, 0.05) is 5.92 Å². The second-order valence-corrected chi connectivity index (χ2v) is 13.3. The zero-order chi connectivity index (χ0) is 23.1. The Labute approximate surface area is 192 Å². The first-order valence-electron chi connectivity index (χ1n) is 12.4. The third-order valence-corrected chi connectivity index (χ3v) is 10.3. The summed E-state index contributed by atoms with van der Waals surface area (Å²) in [7, 11) is -3.75. The van der Waals surface area contributed by atoms with Crippen molar-refractivity contribution in [1.29, 1.82) is 0 Å². The lowest BCUT2D eigenvalue weighted by Crippen LogP contribution is -2.56. The van der Waals surface area contributed by atoms with Crippen molar-refractivity contribution < 1.29 is 18.0 Å². The number of nitrogens with zero attached hydrogens (tertiary/aromatic N) is 1. The van der Waals surface area contributed by atoms with Crippen LogP contribution in [0.25, 0.3) is 0 Å². The Bertz CT molecular complexity index is 882. The standard InChI is InChI=1S/C24H39N3O4S/c1-17-7-4-5-8-19-16-24(19,22(29)26-32(30,31)23(3)11-12-23)25-21(28)20-9-6-13-27(20)14-10-18(2)15-17/h5,8,17-20H,4,6-7,9-16H2,1-3H3,(H,25,28)(H,26,29)/b8-5-. The molecule has 2 heterocycles. The average molecular weight is 466 g/mol. The topological polar surface area (TPSA) is 95.6 Å². The lowest BCUT2D eigenvalue weighted by Gasteiger charge is -2.28. The van der Waals surface area contributed by atoms with E-state index >= 15 is 0 Å². The zero-order valence-corrected chi connectivity index (χ0v) is 20.5. The molecule has 4 aliphatic rings. The van der Waals surface area contributed by atoms with Crippen LogP contribution in [0, 0.1) is 17.8 Å². The molecule has 2 aliphatic heterocycles. The van der Waals surface area contributed by atoms with Gasteiger partial charge >= 0.3 is 0 Å². The highest BCUT2D eigenvalue weighted by atomic mass is 32.2. The van der Waals surface area contributed by atoms with Crippen molar-refractivity contribution in [2.75, 3.05) is 13.1 Å². The number of rotatable bonds is 3. The molecular formula is C24H39N3O4S. The first-order chi connectivity index (χ1) is 15.1. The van der Waals surface area contributed by atoms with E-state index in [1.807, 2.05) is 6.08 Å². The van der Waals surface area contributed by atoms with Gasteiger partial charge in [0.15, 0.2) is 0 Å². The van der Waals surface area contributed by atoms with Gasteiger partial charge in [0.05, 0.1) is 10.8 Å². The minimum atomic E-state index is -3.75. The van der Waals surface area contributed by atoms with E-state index in [1.54, 1.807) is 6.92 Å². The van der Waals surface area contributed by atoms with Crippen LogP contribution in [0.2, 0.25) is 0 Å². The molecule has 180 valence electrons. The largest absolute Gasteiger partial charge is 0.340 e. The van der Waals surface area contributed by atoms with Gasteiger partial charge in [-0.3, -0.25) is 19.2 Å². The van der Waals surface area contributed by atoms with Gasteiger partial charge in [0.2, 0.25) is 15.9 Å².